The molecule has 1 unspecified atom stereocenters. The lowest BCUT2D eigenvalue weighted by Crippen LogP contribution is -2.30. The SMILES string of the molecule is C=CCN(c1ccc(C(C)NCC)c(Cl)c1)C(C)C. The van der Waals surface area contributed by atoms with Crippen LogP contribution in [0.15, 0.2) is 30.9 Å². The van der Waals surface area contributed by atoms with Gasteiger partial charge in [0.1, 0.15) is 0 Å². The Labute approximate surface area is 122 Å². The van der Waals surface area contributed by atoms with E-state index in [1.807, 2.05) is 12.1 Å². The molecule has 0 aromatic heterocycles. The smallest absolute Gasteiger partial charge is 0.0474 e. The molecule has 19 heavy (non-hydrogen) atoms. The first-order chi connectivity index (χ1) is 9.01. The second kappa shape index (κ2) is 7.56. The number of hydrogen-bond donors (Lipinski definition) is 1. The molecule has 0 aliphatic heterocycles. The van der Waals surface area contributed by atoms with E-state index in [4.69, 9.17) is 11.6 Å². The van der Waals surface area contributed by atoms with Gasteiger partial charge in [-0.2, -0.15) is 0 Å². The molecule has 1 atom stereocenters. The lowest BCUT2D eigenvalue weighted by Gasteiger charge is -2.28. The third-order valence-corrected chi connectivity index (χ3v) is 3.57. The average molecular weight is 281 g/mol. The molecule has 106 valence electrons. The van der Waals surface area contributed by atoms with Crippen LogP contribution in [0.5, 0.6) is 0 Å². The van der Waals surface area contributed by atoms with Crippen molar-refractivity contribution in [3.8, 4) is 0 Å². The lowest BCUT2D eigenvalue weighted by molar-refractivity contribution is 0.598. The van der Waals surface area contributed by atoms with Crippen molar-refractivity contribution in [1.29, 1.82) is 0 Å². The maximum absolute atomic E-state index is 6.42. The molecule has 1 rings (SSSR count). The van der Waals surface area contributed by atoms with Crippen LogP contribution in [0, 0.1) is 0 Å². The summed E-state index contributed by atoms with van der Waals surface area (Å²) in [4.78, 5) is 2.28. The van der Waals surface area contributed by atoms with Gasteiger partial charge in [0.15, 0.2) is 0 Å². The Bertz CT molecular complexity index is 415. The van der Waals surface area contributed by atoms with Crippen LogP contribution in [0.3, 0.4) is 0 Å². The second-order valence-corrected chi connectivity index (χ2v) is 5.43. The summed E-state index contributed by atoms with van der Waals surface area (Å²) < 4.78 is 0. The van der Waals surface area contributed by atoms with Gasteiger partial charge in [-0.1, -0.05) is 30.7 Å². The monoisotopic (exact) mass is 280 g/mol. The van der Waals surface area contributed by atoms with E-state index in [0.29, 0.717) is 6.04 Å². The van der Waals surface area contributed by atoms with Crippen LogP contribution in [0.2, 0.25) is 5.02 Å². The summed E-state index contributed by atoms with van der Waals surface area (Å²) in [6, 6.07) is 7.00. The standard InChI is InChI=1S/C16H25ClN2/c1-6-10-19(12(3)4)14-8-9-15(16(17)11-14)13(5)18-7-2/h6,8-9,11-13,18H,1,7,10H2,2-5H3. The van der Waals surface area contributed by atoms with E-state index in [9.17, 15) is 0 Å². The van der Waals surface area contributed by atoms with E-state index < -0.39 is 0 Å². The van der Waals surface area contributed by atoms with E-state index in [1.54, 1.807) is 0 Å². The third-order valence-electron chi connectivity index (χ3n) is 3.24. The van der Waals surface area contributed by atoms with Crippen LogP contribution in [0.25, 0.3) is 0 Å². The minimum absolute atomic E-state index is 0.276. The maximum Gasteiger partial charge on any atom is 0.0474 e. The molecule has 0 saturated heterocycles. The molecule has 1 aromatic carbocycles. The number of anilines is 1. The van der Waals surface area contributed by atoms with E-state index >= 15 is 0 Å². The van der Waals surface area contributed by atoms with E-state index in [1.165, 1.54) is 0 Å². The molecule has 3 heteroatoms. The average Bonchev–Trinajstić information content (AvgIpc) is 2.35. The molecule has 0 fully saturated rings. The Morgan fingerprint density at radius 1 is 1.37 bits per heavy atom. The highest BCUT2D eigenvalue weighted by atomic mass is 35.5. The normalized spacial score (nSPS) is 12.5. The van der Waals surface area contributed by atoms with Crippen LogP contribution < -0.4 is 10.2 Å². The predicted molar refractivity (Wildman–Crippen MR) is 86.2 cm³/mol. The van der Waals surface area contributed by atoms with Crippen LogP contribution in [-0.4, -0.2) is 19.1 Å². The topological polar surface area (TPSA) is 15.3 Å². The van der Waals surface area contributed by atoms with E-state index in [2.05, 4.69) is 56.6 Å². The molecule has 0 spiro atoms. The van der Waals surface area contributed by atoms with Gasteiger partial charge in [0.05, 0.1) is 0 Å². The number of nitrogens with zero attached hydrogens (tertiary/aromatic N) is 1. The summed E-state index contributed by atoms with van der Waals surface area (Å²) in [5.74, 6) is 0. The summed E-state index contributed by atoms with van der Waals surface area (Å²) in [5.41, 5.74) is 2.29. The summed E-state index contributed by atoms with van der Waals surface area (Å²) in [5, 5.41) is 4.21. The molecule has 0 saturated carbocycles. The summed E-state index contributed by atoms with van der Waals surface area (Å²) in [6.07, 6.45) is 1.92. The Hall–Kier alpha value is -0.990. The van der Waals surface area contributed by atoms with Gasteiger partial charge in [0, 0.05) is 29.3 Å². The zero-order chi connectivity index (χ0) is 14.4. The van der Waals surface area contributed by atoms with Gasteiger partial charge in [0.2, 0.25) is 0 Å². The summed E-state index contributed by atoms with van der Waals surface area (Å²) in [6.45, 7) is 14.2. The number of benzene rings is 1. The molecule has 0 heterocycles. The quantitative estimate of drug-likeness (QED) is 0.744. The van der Waals surface area contributed by atoms with Gasteiger partial charge in [-0.15, -0.1) is 6.58 Å². The molecule has 1 N–H and O–H groups in total. The highest BCUT2D eigenvalue weighted by molar-refractivity contribution is 6.31. The highest BCUT2D eigenvalue weighted by Gasteiger charge is 2.13. The fourth-order valence-corrected chi connectivity index (χ4v) is 2.55. The first-order valence-corrected chi connectivity index (χ1v) is 7.29. The maximum atomic E-state index is 6.42. The van der Waals surface area contributed by atoms with Crippen molar-refractivity contribution >= 4 is 17.3 Å². The van der Waals surface area contributed by atoms with Crippen molar-refractivity contribution in [2.75, 3.05) is 18.0 Å². The van der Waals surface area contributed by atoms with Gasteiger partial charge in [-0.3, -0.25) is 0 Å². The lowest BCUT2D eigenvalue weighted by atomic mass is 10.1. The first-order valence-electron chi connectivity index (χ1n) is 6.91. The molecule has 0 amide bonds. The van der Waals surface area contributed by atoms with E-state index in [0.717, 1.165) is 29.4 Å². The Kier molecular flexibility index (Phi) is 6.40. The second-order valence-electron chi connectivity index (χ2n) is 5.02. The summed E-state index contributed by atoms with van der Waals surface area (Å²) in [7, 11) is 0. The molecule has 0 aliphatic carbocycles. The molecular weight excluding hydrogens is 256 g/mol. The van der Waals surface area contributed by atoms with Crippen LogP contribution in [-0.2, 0) is 0 Å². The molecule has 0 bridgehead atoms. The van der Waals surface area contributed by atoms with Crippen molar-refractivity contribution in [1.82, 2.24) is 5.32 Å². The molecule has 1 aromatic rings. The molecular formula is C16H25ClN2. The van der Waals surface area contributed by atoms with Crippen molar-refractivity contribution < 1.29 is 0 Å². The van der Waals surface area contributed by atoms with Gasteiger partial charge >= 0.3 is 0 Å². The van der Waals surface area contributed by atoms with Crippen molar-refractivity contribution in [3.05, 3.63) is 41.4 Å². The Morgan fingerprint density at radius 3 is 2.53 bits per heavy atom. The summed E-state index contributed by atoms with van der Waals surface area (Å²) >= 11 is 6.42. The minimum Gasteiger partial charge on any atom is -0.365 e. The predicted octanol–water partition coefficient (Wildman–Crippen LogP) is 4.41. The largest absolute Gasteiger partial charge is 0.365 e. The minimum atomic E-state index is 0.276. The Morgan fingerprint density at radius 2 is 2.05 bits per heavy atom. The highest BCUT2D eigenvalue weighted by Crippen LogP contribution is 2.28. The van der Waals surface area contributed by atoms with Gasteiger partial charge in [-0.05, 0) is 45.0 Å². The number of hydrogen-bond acceptors (Lipinski definition) is 2. The van der Waals surface area contributed by atoms with Crippen molar-refractivity contribution in [2.24, 2.45) is 0 Å². The molecule has 0 radical (unpaired) electrons. The van der Waals surface area contributed by atoms with Crippen LogP contribution in [0.4, 0.5) is 5.69 Å². The van der Waals surface area contributed by atoms with Gasteiger partial charge in [0.25, 0.3) is 0 Å². The zero-order valence-electron chi connectivity index (χ0n) is 12.4. The number of halogens is 1. The fourth-order valence-electron chi connectivity index (χ4n) is 2.22. The number of rotatable bonds is 7. The zero-order valence-corrected chi connectivity index (χ0v) is 13.2. The third kappa shape index (κ3) is 4.26. The Balaban J connectivity index is 3.00. The first kappa shape index (κ1) is 16.1. The van der Waals surface area contributed by atoms with Crippen LogP contribution in [0.1, 0.15) is 39.3 Å². The van der Waals surface area contributed by atoms with E-state index in [-0.39, 0.29) is 6.04 Å². The number of nitrogens with one attached hydrogen (secondary N) is 1. The van der Waals surface area contributed by atoms with Crippen LogP contribution >= 0.6 is 11.6 Å². The van der Waals surface area contributed by atoms with Gasteiger partial charge < -0.3 is 10.2 Å². The molecule has 0 aliphatic rings. The van der Waals surface area contributed by atoms with Gasteiger partial charge in [-0.25, -0.2) is 0 Å². The van der Waals surface area contributed by atoms with Crippen molar-refractivity contribution in [3.63, 3.8) is 0 Å². The molecule has 2 nitrogen and oxygen atoms in total. The fraction of sp³-hybridized carbons (Fsp3) is 0.500. The van der Waals surface area contributed by atoms with Crippen molar-refractivity contribution in [2.45, 2.75) is 39.8 Å².